The maximum absolute atomic E-state index is 13.2. The Morgan fingerprint density at radius 3 is 2.41 bits per heavy atom. The molecule has 0 aliphatic carbocycles. The number of nitro groups is 1. The molecule has 0 fully saturated rings. The molecule has 0 atom stereocenters. The predicted molar refractivity (Wildman–Crippen MR) is 141 cm³/mol. The van der Waals surface area contributed by atoms with E-state index in [9.17, 15) is 14.9 Å². The van der Waals surface area contributed by atoms with Crippen LogP contribution in [0, 0.1) is 10.1 Å². The van der Waals surface area contributed by atoms with Crippen LogP contribution in [0.3, 0.4) is 0 Å². The molecule has 8 heteroatoms. The molecule has 5 aromatic rings. The molecule has 0 spiro atoms. The first-order valence-electron chi connectivity index (χ1n) is 11.3. The zero-order chi connectivity index (χ0) is 25.8. The molecular weight excluding hydrogens is 492 g/mol. The van der Waals surface area contributed by atoms with E-state index in [0.717, 1.165) is 11.1 Å². The molecule has 4 aromatic carbocycles. The lowest BCUT2D eigenvalue weighted by Crippen LogP contribution is -2.07. The lowest BCUT2D eigenvalue weighted by atomic mass is 10.0. The van der Waals surface area contributed by atoms with Crippen molar-refractivity contribution in [3.8, 4) is 22.8 Å². The summed E-state index contributed by atoms with van der Waals surface area (Å²) in [7, 11) is 0. The number of hydrogen-bond donors (Lipinski definition) is 0. The standard InChI is InChI=1S/C29H19ClN2O5/c30-26-10-3-1-9-24(26)28-17-25(23-8-2-4-11-27(23)31-28)29(33)36-18-19-6-5-7-22(16-19)37-21-14-12-20(13-15-21)32(34)35/h1-17H,18H2. The second-order valence-corrected chi connectivity index (χ2v) is 8.54. The van der Waals surface area contributed by atoms with Crippen molar-refractivity contribution in [3.05, 3.63) is 129 Å². The second kappa shape index (κ2) is 10.5. The number of nitro benzene ring substituents is 1. The van der Waals surface area contributed by atoms with Crippen LogP contribution in [0.1, 0.15) is 15.9 Å². The highest BCUT2D eigenvalue weighted by Gasteiger charge is 2.16. The van der Waals surface area contributed by atoms with E-state index in [4.69, 9.17) is 21.1 Å². The third kappa shape index (κ3) is 5.42. The SMILES string of the molecule is O=C(OCc1cccc(Oc2ccc([N+](=O)[O-])cc2)c1)c1cc(-c2ccccc2Cl)nc2ccccc12. The molecule has 0 saturated carbocycles. The molecule has 0 aliphatic rings. The first kappa shape index (κ1) is 24.0. The number of benzene rings is 4. The van der Waals surface area contributed by atoms with Crippen LogP contribution in [-0.4, -0.2) is 15.9 Å². The third-order valence-electron chi connectivity index (χ3n) is 5.64. The van der Waals surface area contributed by atoms with E-state index in [1.54, 1.807) is 30.3 Å². The Balaban J connectivity index is 1.35. The number of esters is 1. The maximum atomic E-state index is 13.2. The van der Waals surface area contributed by atoms with Crippen molar-refractivity contribution in [2.24, 2.45) is 0 Å². The van der Waals surface area contributed by atoms with Crippen LogP contribution >= 0.6 is 11.6 Å². The van der Waals surface area contributed by atoms with Gasteiger partial charge >= 0.3 is 5.97 Å². The smallest absolute Gasteiger partial charge is 0.339 e. The van der Waals surface area contributed by atoms with E-state index >= 15 is 0 Å². The Hall–Kier alpha value is -4.75. The van der Waals surface area contributed by atoms with Gasteiger partial charge in [0.15, 0.2) is 0 Å². The van der Waals surface area contributed by atoms with Crippen molar-refractivity contribution >= 4 is 34.2 Å². The van der Waals surface area contributed by atoms with Gasteiger partial charge in [-0.3, -0.25) is 10.1 Å². The summed E-state index contributed by atoms with van der Waals surface area (Å²) >= 11 is 6.38. The molecule has 182 valence electrons. The second-order valence-electron chi connectivity index (χ2n) is 8.13. The highest BCUT2D eigenvalue weighted by atomic mass is 35.5. The lowest BCUT2D eigenvalue weighted by Gasteiger charge is -2.12. The first-order valence-corrected chi connectivity index (χ1v) is 11.7. The number of carbonyl (C=O) groups is 1. The summed E-state index contributed by atoms with van der Waals surface area (Å²) in [5.74, 6) is 0.474. The van der Waals surface area contributed by atoms with Crippen LogP contribution < -0.4 is 4.74 Å². The van der Waals surface area contributed by atoms with E-state index in [1.807, 2.05) is 48.5 Å². The molecule has 0 amide bonds. The normalized spacial score (nSPS) is 10.7. The Bertz CT molecular complexity index is 1620. The van der Waals surface area contributed by atoms with Crippen LogP contribution in [0.15, 0.2) is 103 Å². The number of pyridine rings is 1. The average Bonchev–Trinajstić information content (AvgIpc) is 2.92. The van der Waals surface area contributed by atoms with Gasteiger partial charge in [-0.25, -0.2) is 9.78 Å². The highest BCUT2D eigenvalue weighted by molar-refractivity contribution is 6.33. The summed E-state index contributed by atoms with van der Waals surface area (Å²) in [5.41, 5.74) is 3.05. The van der Waals surface area contributed by atoms with Gasteiger partial charge in [0, 0.05) is 28.1 Å². The number of para-hydroxylation sites is 1. The lowest BCUT2D eigenvalue weighted by molar-refractivity contribution is -0.384. The van der Waals surface area contributed by atoms with Gasteiger partial charge in [-0.05, 0) is 48.0 Å². The molecule has 0 saturated heterocycles. The Labute approximate surface area is 217 Å². The van der Waals surface area contributed by atoms with Crippen LogP contribution in [0.25, 0.3) is 22.2 Å². The first-order chi connectivity index (χ1) is 18.0. The fourth-order valence-electron chi connectivity index (χ4n) is 3.85. The zero-order valence-electron chi connectivity index (χ0n) is 19.3. The van der Waals surface area contributed by atoms with Gasteiger partial charge < -0.3 is 9.47 Å². The van der Waals surface area contributed by atoms with Gasteiger partial charge in [0.05, 0.1) is 21.7 Å². The highest BCUT2D eigenvalue weighted by Crippen LogP contribution is 2.30. The minimum atomic E-state index is -0.492. The molecule has 0 unspecified atom stereocenters. The molecular formula is C29H19ClN2O5. The molecule has 37 heavy (non-hydrogen) atoms. The molecule has 7 nitrogen and oxygen atoms in total. The number of carbonyl (C=O) groups excluding carboxylic acids is 1. The van der Waals surface area contributed by atoms with Crippen molar-refractivity contribution in [1.82, 2.24) is 4.98 Å². The van der Waals surface area contributed by atoms with Crippen molar-refractivity contribution < 1.29 is 19.2 Å². The topological polar surface area (TPSA) is 91.6 Å². The summed E-state index contributed by atoms with van der Waals surface area (Å²) in [6.45, 7) is 0.0222. The van der Waals surface area contributed by atoms with Crippen molar-refractivity contribution in [3.63, 3.8) is 0 Å². The number of halogens is 1. The van der Waals surface area contributed by atoms with Crippen molar-refractivity contribution in [2.75, 3.05) is 0 Å². The summed E-state index contributed by atoms with van der Waals surface area (Å²) in [6, 6.07) is 29.3. The van der Waals surface area contributed by atoms with E-state index in [-0.39, 0.29) is 12.3 Å². The summed E-state index contributed by atoms with van der Waals surface area (Å²) in [4.78, 5) is 28.2. The minimum absolute atomic E-state index is 0.0191. The summed E-state index contributed by atoms with van der Waals surface area (Å²) < 4.78 is 11.5. The molecule has 0 N–H and O–H groups in total. The Kier molecular flexibility index (Phi) is 6.78. The Morgan fingerprint density at radius 2 is 1.62 bits per heavy atom. The van der Waals surface area contributed by atoms with Gasteiger partial charge in [0.2, 0.25) is 0 Å². The van der Waals surface area contributed by atoms with Gasteiger partial charge in [-0.2, -0.15) is 0 Å². The molecule has 5 rings (SSSR count). The van der Waals surface area contributed by atoms with E-state index in [2.05, 4.69) is 4.98 Å². The summed E-state index contributed by atoms with van der Waals surface area (Å²) in [6.07, 6.45) is 0. The number of hydrogen-bond acceptors (Lipinski definition) is 6. The average molecular weight is 511 g/mol. The number of rotatable bonds is 7. The monoisotopic (exact) mass is 510 g/mol. The number of ether oxygens (including phenoxy) is 2. The number of non-ortho nitro benzene ring substituents is 1. The fourth-order valence-corrected chi connectivity index (χ4v) is 4.08. The number of aromatic nitrogens is 1. The quantitative estimate of drug-likeness (QED) is 0.127. The van der Waals surface area contributed by atoms with Crippen molar-refractivity contribution in [2.45, 2.75) is 6.61 Å². The summed E-state index contributed by atoms with van der Waals surface area (Å²) in [5, 5.41) is 12.1. The van der Waals surface area contributed by atoms with Gasteiger partial charge in [0.1, 0.15) is 18.1 Å². The number of fused-ring (bicyclic) bond motifs is 1. The maximum Gasteiger partial charge on any atom is 0.339 e. The molecule has 1 aromatic heterocycles. The Morgan fingerprint density at radius 1 is 0.865 bits per heavy atom. The number of nitrogens with zero attached hydrogens (tertiary/aromatic N) is 2. The van der Waals surface area contributed by atoms with Crippen molar-refractivity contribution in [1.29, 1.82) is 0 Å². The largest absolute Gasteiger partial charge is 0.457 e. The van der Waals surface area contributed by atoms with Crippen LogP contribution in [-0.2, 0) is 11.3 Å². The molecule has 0 bridgehead atoms. The van der Waals surface area contributed by atoms with Gasteiger partial charge in [-0.15, -0.1) is 0 Å². The molecule has 0 aliphatic heterocycles. The van der Waals surface area contributed by atoms with Gasteiger partial charge in [-0.1, -0.05) is 60.1 Å². The van der Waals surface area contributed by atoms with E-state index in [0.29, 0.717) is 38.7 Å². The molecule has 0 radical (unpaired) electrons. The molecule has 1 heterocycles. The van der Waals surface area contributed by atoms with Crippen LogP contribution in [0.2, 0.25) is 5.02 Å². The fraction of sp³-hybridized carbons (Fsp3) is 0.0345. The van der Waals surface area contributed by atoms with Crippen LogP contribution in [0.4, 0.5) is 5.69 Å². The predicted octanol–water partition coefficient (Wildman–Crippen LogP) is 7.61. The van der Waals surface area contributed by atoms with Gasteiger partial charge in [0.25, 0.3) is 5.69 Å². The third-order valence-corrected chi connectivity index (χ3v) is 5.97. The van der Waals surface area contributed by atoms with E-state index in [1.165, 1.54) is 24.3 Å². The zero-order valence-corrected chi connectivity index (χ0v) is 20.1. The van der Waals surface area contributed by atoms with Crippen LogP contribution in [0.5, 0.6) is 11.5 Å². The van der Waals surface area contributed by atoms with E-state index < -0.39 is 10.9 Å². The minimum Gasteiger partial charge on any atom is -0.457 e.